The average Bonchev–Trinajstić information content (AvgIpc) is 3.10. The molecule has 1 aromatic carbocycles. The molecule has 0 bridgehead atoms. The van der Waals surface area contributed by atoms with Crippen molar-refractivity contribution in [2.75, 3.05) is 40.2 Å². The van der Waals surface area contributed by atoms with E-state index < -0.39 is 21.9 Å². The van der Waals surface area contributed by atoms with E-state index in [1.165, 1.54) is 29.9 Å². The van der Waals surface area contributed by atoms with Crippen molar-refractivity contribution in [1.29, 1.82) is 0 Å². The van der Waals surface area contributed by atoms with Crippen LogP contribution in [0.4, 0.5) is 0 Å². The zero-order valence-electron chi connectivity index (χ0n) is 18.5. The van der Waals surface area contributed by atoms with Crippen LogP contribution in [0.5, 0.6) is 11.5 Å². The predicted octanol–water partition coefficient (Wildman–Crippen LogP) is 1.38. The number of nitrogens with zero attached hydrogens (tertiary/aromatic N) is 3. The number of hydrogen-bond donors (Lipinski definition) is 0. The smallest absolute Gasteiger partial charge is 0.326 e. The molecule has 12 heteroatoms. The first-order valence-electron chi connectivity index (χ1n) is 10.1. The molecule has 0 aliphatic carbocycles. The number of piperidine rings is 1. The van der Waals surface area contributed by atoms with Crippen LogP contribution in [0.3, 0.4) is 0 Å². The van der Waals surface area contributed by atoms with Crippen LogP contribution in [-0.2, 0) is 30.9 Å². The molecule has 3 rings (SSSR count). The second-order valence-electron chi connectivity index (χ2n) is 7.31. The summed E-state index contributed by atoms with van der Waals surface area (Å²) in [5.74, 6) is -0.124. The Morgan fingerprint density at radius 2 is 1.78 bits per heavy atom. The molecule has 2 aromatic rings. The highest BCUT2D eigenvalue weighted by Crippen LogP contribution is 2.35. The largest absolute Gasteiger partial charge is 0.495 e. The van der Waals surface area contributed by atoms with Crippen LogP contribution in [0.15, 0.2) is 17.1 Å². The molecular weight excluding hydrogens is 458 g/mol. The van der Waals surface area contributed by atoms with Crippen LogP contribution in [0, 0.1) is 5.92 Å². The number of hydrogen-bond acceptors (Lipinski definition) is 8. The fraction of sp³-hybridized carbons (Fsp3) is 0.550. The maximum Gasteiger partial charge on any atom is 0.326 e. The van der Waals surface area contributed by atoms with E-state index in [1.807, 2.05) is 0 Å². The van der Waals surface area contributed by atoms with Gasteiger partial charge in [-0.05, 0) is 31.9 Å². The summed E-state index contributed by atoms with van der Waals surface area (Å²) in [6.07, 6.45) is 1.95. The number of methoxy groups -OCH3 is 2. The molecule has 0 spiro atoms. The number of amides is 1. The van der Waals surface area contributed by atoms with Gasteiger partial charge < -0.3 is 18.8 Å². The molecule has 1 fully saturated rings. The van der Waals surface area contributed by atoms with Crippen molar-refractivity contribution >= 4 is 43.5 Å². The lowest BCUT2D eigenvalue weighted by molar-refractivity contribution is -0.143. The monoisotopic (exact) mass is 485 g/mol. The molecule has 176 valence electrons. The zero-order chi connectivity index (χ0) is 23.5. The number of fused-ring (bicyclic) bond motifs is 1. The number of thiazole rings is 1. The van der Waals surface area contributed by atoms with Gasteiger partial charge in [0.15, 0.2) is 4.80 Å². The third kappa shape index (κ3) is 5.13. The summed E-state index contributed by atoms with van der Waals surface area (Å²) in [5, 5.41) is 0. The molecule has 10 nitrogen and oxygen atoms in total. The molecule has 0 saturated carbocycles. The van der Waals surface area contributed by atoms with Crippen LogP contribution in [0.25, 0.3) is 10.2 Å². The van der Waals surface area contributed by atoms with E-state index in [9.17, 15) is 18.0 Å². The van der Waals surface area contributed by atoms with E-state index in [4.69, 9.17) is 14.2 Å². The maximum atomic E-state index is 13.0. The Morgan fingerprint density at radius 3 is 2.34 bits per heavy atom. The summed E-state index contributed by atoms with van der Waals surface area (Å²) >= 11 is 1.22. The molecule has 1 aromatic heterocycles. The molecular formula is C20H27N3O7S2. The van der Waals surface area contributed by atoms with Crippen molar-refractivity contribution in [3.8, 4) is 11.5 Å². The Balaban J connectivity index is 2.03. The minimum absolute atomic E-state index is 0.143. The Kier molecular flexibility index (Phi) is 7.57. The SMILES string of the molecule is CCOC(=O)Cn1c(=NC(=O)C2CCN(S(C)(=O)=O)CC2)sc2c(OC)ccc(OC)c21. The van der Waals surface area contributed by atoms with Crippen molar-refractivity contribution in [3.05, 3.63) is 16.9 Å². The van der Waals surface area contributed by atoms with Crippen molar-refractivity contribution in [2.24, 2.45) is 10.9 Å². The molecule has 1 amide bonds. The van der Waals surface area contributed by atoms with Gasteiger partial charge in [0.2, 0.25) is 10.0 Å². The zero-order valence-corrected chi connectivity index (χ0v) is 20.1. The first-order chi connectivity index (χ1) is 15.2. The number of esters is 1. The molecule has 0 unspecified atom stereocenters. The number of carbonyl (C=O) groups excluding carboxylic acids is 2. The van der Waals surface area contributed by atoms with E-state index >= 15 is 0 Å². The van der Waals surface area contributed by atoms with Crippen LogP contribution >= 0.6 is 11.3 Å². The third-order valence-corrected chi connectivity index (χ3v) is 7.66. The van der Waals surface area contributed by atoms with Gasteiger partial charge in [-0.1, -0.05) is 11.3 Å². The summed E-state index contributed by atoms with van der Waals surface area (Å²) < 4.78 is 43.1. The number of rotatable bonds is 7. The van der Waals surface area contributed by atoms with Gasteiger partial charge in [0.25, 0.3) is 5.91 Å². The molecule has 0 N–H and O–H groups in total. The Bertz CT molecular complexity index is 1180. The topological polar surface area (TPSA) is 116 Å². The Labute approximate surface area is 190 Å². The number of benzene rings is 1. The van der Waals surface area contributed by atoms with Crippen LogP contribution < -0.4 is 14.3 Å². The Morgan fingerprint density at radius 1 is 1.16 bits per heavy atom. The van der Waals surface area contributed by atoms with E-state index in [1.54, 1.807) is 23.6 Å². The summed E-state index contributed by atoms with van der Waals surface area (Å²) in [5.41, 5.74) is 0.586. The second kappa shape index (κ2) is 10.0. The average molecular weight is 486 g/mol. The third-order valence-electron chi connectivity index (χ3n) is 5.26. The van der Waals surface area contributed by atoms with Gasteiger partial charge in [-0.2, -0.15) is 4.99 Å². The van der Waals surface area contributed by atoms with Crippen LogP contribution in [0.1, 0.15) is 19.8 Å². The highest BCUT2D eigenvalue weighted by molar-refractivity contribution is 7.88. The first kappa shape index (κ1) is 24.2. The molecule has 32 heavy (non-hydrogen) atoms. The summed E-state index contributed by atoms with van der Waals surface area (Å²) in [4.78, 5) is 29.9. The van der Waals surface area contributed by atoms with Gasteiger partial charge in [-0.15, -0.1) is 0 Å². The van der Waals surface area contributed by atoms with Gasteiger partial charge >= 0.3 is 5.97 Å². The van der Waals surface area contributed by atoms with Gasteiger partial charge in [0.05, 0.1) is 27.1 Å². The quantitative estimate of drug-likeness (QED) is 0.544. The lowest BCUT2D eigenvalue weighted by Crippen LogP contribution is -2.39. The lowest BCUT2D eigenvalue weighted by Gasteiger charge is -2.28. The summed E-state index contributed by atoms with van der Waals surface area (Å²) in [6, 6.07) is 3.47. The van der Waals surface area contributed by atoms with Crippen molar-refractivity contribution in [2.45, 2.75) is 26.3 Å². The fourth-order valence-corrected chi connectivity index (χ4v) is 5.66. The normalized spacial score (nSPS) is 16.3. The second-order valence-corrected chi connectivity index (χ2v) is 10.3. The first-order valence-corrected chi connectivity index (χ1v) is 12.8. The molecule has 0 radical (unpaired) electrons. The number of aromatic nitrogens is 1. The maximum absolute atomic E-state index is 13.0. The Hall–Kier alpha value is -2.44. The highest BCUT2D eigenvalue weighted by atomic mass is 32.2. The minimum Gasteiger partial charge on any atom is -0.495 e. The van der Waals surface area contributed by atoms with Gasteiger partial charge in [0, 0.05) is 19.0 Å². The number of ether oxygens (including phenoxy) is 3. The van der Waals surface area contributed by atoms with E-state index in [0.29, 0.717) is 39.4 Å². The van der Waals surface area contributed by atoms with Gasteiger partial charge in [-0.25, -0.2) is 12.7 Å². The summed E-state index contributed by atoms with van der Waals surface area (Å²) in [7, 11) is -0.227. The summed E-state index contributed by atoms with van der Waals surface area (Å²) in [6.45, 7) is 2.36. The molecule has 1 aliphatic rings. The molecule has 0 atom stereocenters. The molecule has 2 heterocycles. The molecule has 1 saturated heterocycles. The molecule has 1 aliphatic heterocycles. The van der Waals surface area contributed by atoms with Gasteiger partial charge in [0.1, 0.15) is 28.3 Å². The minimum atomic E-state index is -3.28. The van der Waals surface area contributed by atoms with Crippen LogP contribution in [0.2, 0.25) is 0 Å². The fourth-order valence-electron chi connectivity index (χ4n) is 3.64. The lowest BCUT2D eigenvalue weighted by atomic mass is 9.98. The van der Waals surface area contributed by atoms with Gasteiger partial charge in [-0.3, -0.25) is 9.59 Å². The number of sulfonamides is 1. The van der Waals surface area contributed by atoms with Crippen molar-refractivity contribution < 1.29 is 32.2 Å². The van der Waals surface area contributed by atoms with Crippen LogP contribution in [-0.4, -0.2) is 69.3 Å². The predicted molar refractivity (Wildman–Crippen MR) is 119 cm³/mol. The van der Waals surface area contributed by atoms with E-state index in [0.717, 1.165) is 6.26 Å². The highest BCUT2D eigenvalue weighted by Gasteiger charge is 2.29. The van der Waals surface area contributed by atoms with Crippen molar-refractivity contribution in [3.63, 3.8) is 0 Å². The standard InChI is InChI=1S/C20H27N3O7S2/c1-5-30-16(24)12-23-17-14(28-2)6-7-15(29-3)18(17)31-20(23)21-19(25)13-8-10-22(11-9-13)32(4,26)27/h6-7,13H,5,8-12H2,1-4H3. The van der Waals surface area contributed by atoms with Crippen molar-refractivity contribution in [1.82, 2.24) is 8.87 Å². The number of carbonyl (C=O) groups is 2. The van der Waals surface area contributed by atoms with E-state index in [2.05, 4.69) is 4.99 Å². The van der Waals surface area contributed by atoms with E-state index in [-0.39, 0.29) is 32.1 Å².